The number of carbonyl (C=O) groups is 1. The van der Waals surface area contributed by atoms with Gasteiger partial charge in [0.15, 0.2) is 0 Å². The number of benzene rings is 1. The van der Waals surface area contributed by atoms with Crippen LogP contribution in [-0.2, 0) is 0 Å². The van der Waals surface area contributed by atoms with E-state index in [1.165, 1.54) is 6.07 Å². The number of carbonyl (C=O) groups excluding carboxylic acids is 1. The summed E-state index contributed by atoms with van der Waals surface area (Å²) in [6, 6.07) is 11.9. The second kappa shape index (κ2) is 5.19. The number of nitrogens with zero attached hydrogens (tertiary/aromatic N) is 2. The second-order valence-electron chi connectivity index (χ2n) is 4.20. The first kappa shape index (κ1) is 13.0. The highest BCUT2D eigenvalue weighted by atomic mass is 35.5. The summed E-state index contributed by atoms with van der Waals surface area (Å²) in [7, 11) is 0. The van der Waals surface area contributed by atoms with Crippen LogP contribution in [0.4, 0.5) is 0 Å². The Kier molecular flexibility index (Phi) is 3.38. The molecule has 0 spiro atoms. The zero-order valence-electron chi connectivity index (χ0n) is 10.2. The van der Waals surface area contributed by atoms with Crippen LogP contribution in [0.5, 0.6) is 0 Å². The van der Waals surface area contributed by atoms with Crippen LogP contribution in [0.3, 0.4) is 0 Å². The van der Waals surface area contributed by atoms with Gasteiger partial charge in [-0.3, -0.25) is 9.78 Å². The first-order valence-corrected chi connectivity index (χ1v) is 6.62. The van der Waals surface area contributed by atoms with E-state index in [2.05, 4.69) is 9.97 Å². The van der Waals surface area contributed by atoms with E-state index in [0.717, 1.165) is 0 Å². The van der Waals surface area contributed by atoms with Crippen molar-refractivity contribution in [3.8, 4) is 0 Å². The fourth-order valence-electron chi connectivity index (χ4n) is 1.99. The number of fused-ring (bicyclic) bond motifs is 1. The molecule has 0 bridgehead atoms. The number of aromatic nitrogens is 2. The number of rotatable bonds is 2. The van der Waals surface area contributed by atoms with Gasteiger partial charge >= 0.3 is 0 Å². The molecule has 0 atom stereocenters. The molecule has 3 rings (SSSR count). The van der Waals surface area contributed by atoms with Gasteiger partial charge in [-0.15, -0.1) is 0 Å². The van der Waals surface area contributed by atoms with Crippen molar-refractivity contribution in [3.63, 3.8) is 0 Å². The zero-order chi connectivity index (χ0) is 14.1. The number of halogens is 2. The van der Waals surface area contributed by atoms with Crippen molar-refractivity contribution in [2.75, 3.05) is 0 Å². The SMILES string of the molecule is O=C(c1ccccn1)c1cc(Cl)nc2ccc(Cl)cc12. The summed E-state index contributed by atoms with van der Waals surface area (Å²) >= 11 is 12.0. The molecule has 0 aliphatic carbocycles. The van der Waals surface area contributed by atoms with Gasteiger partial charge in [-0.1, -0.05) is 29.3 Å². The van der Waals surface area contributed by atoms with E-state index in [0.29, 0.717) is 27.2 Å². The third-order valence-electron chi connectivity index (χ3n) is 2.88. The van der Waals surface area contributed by atoms with Gasteiger partial charge in [-0.25, -0.2) is 4.98 Å². The lowest BCUT2D eigenvalue weighted by Crippen LogP contribution is -2.05. The summed E-state index contributed by atoms with van der Waals surface area (Å²) in [5.74, 6) is -0.206. The maximum absolute atomic E-state index is 12.5. The standard InChI is InChI=1S/C15H8Cl2N2O/c16-9-4-5-12-10(7-9)11(8-14(17)19-12)15(20)13-3-1-2-6-18-13/h1-8H. The zero-order valence-corrected chi connectivity index (χ0v) is 11.7. The summed E-state index contributed by atoms with van der Waals surface area (Å²) in [5, 5.41) is 1.47. The van der Waals surface area contributed by atoms with Gasteiger partial charge in [0.25, 0.3) is 0 Å². The minimum absolute atomic E-state index is 0.206. The van der Waals surface area contributed by atoms with Crippen LogP contribution >= 0.6 is 23.2 Å². The Labute approximate surface area is 125 Å². The van der Waals surface area contributed by atoms with E-state index in [9.17, 15) is 4.79 Å². The number of pyridine rings is 2. The van der Waals surface area contributed by atoms with Gasteiger partial charge in [0, 0.05) is 22.2 Å². The van der Waals surface area contributed by atoms with Gasteiger partial charge in [0.05, 0.1) is 5.52 Å². The monoisotopic (exact) mass is 302 g/mol. The highest BCUT2D eigenvalue weighted by Gasteiger charge is 2.15. The molecule has 3 aromatic rings. The quantitative estimate of drug-likeness (QED) is 0.527. The largest absolute Gasteiger partial charge is 0.287 e. The fraction of sp³-hybridized carbons (Fsp3) is 0. The molecule has 2 aromatic heterocycles. The highest BCUT2D eigenvalue weighted by molar-refractivity contribution is 6.32. The minimum Gasteiger partial charge on any atom is -0.287 e. The Hall–Kier alpha value is -1.97. The Morgan fingerprint density at radius 2 is 1.90 bits per heavy atom. The molecule has 0 amide bonds. The van der Waals surface area contributed by atoms with Crippen LogP contribution in [0.2, 0.25) is 10.2 Å². The second-order valence-corrected chi connectivity index (χ2v) is 5.02. The van der Waals surface area contributed by atoms with Crippen molar-refractivity contribution < 1.29 is 4.79 Å². The molecule has 0 aliphatic rings. The molecule has 0 unspecified atom stereocenters. The van der Waals surface area contributed by atoms with E-state index < -0.39 is 0 Å². The first-order valence-electron chi connectivity index (χ1n) is 5.87. The first-order chi connectivity index (χ1) is 9.65. The van der Waals surface area contributed by atoms with Crippen molar-refractivity contribution in [3.05, 3.63) is 70.1 Å². The smallest absolute Gasteiger partial charge is 0.212 e. The van der Waals surface area contributed by atoms with Crippen LogP contribution in [-0.4, -0.2) is 15.8 Å². The summed E-state index contributed by atoms with van der Waals surface area (Å²) in [5.41, 5.74) is 1.43. The minimum atomic E-state index is -0.206. The molecule has 5 heteroatoms. The van der Waals surface area contributed by atoms with Crippen LogP contribution < -0.4 is 0 Å². The Bertz CT molecular complexity index is 804. The van der Waals surface area contributed by atoms with Crippen molar-refractivity contribution in [1.82, 2.24) is 9.97 Å². The lowest BCUT2D eigenvalue weighted by molar-refractivity contribution is 0.103. The summed E-state index contributed by atoms with van der Waals surface area (Å²) in [6.45, 7) is 0. The Morgan fingerprint density at radius 1 is 1.05 bits per heavy atom. The molecular formula is C15H8Cl2N2O. The number of hydrogen-bond donors (Lipinski definition) is 0. The molecule has 98 valence electrons. The predicted octanol–water partition coefficient (Wildman–Crippen LogP) is 4.17. The molecule has 0 N–H and O–H groups in total. The molecular weight excluding hydrogens is 295 g/mol. The molecule has 20 heavy (non-hydrogen) atoms. The molecule has 0 saturated carbocycles. The summed E-state index contributed by atoms with van der Waals surface area (Å²) in [4.78, 5) is 20.8. The third kappa shape index (κ3) is 2.38. The van der Waals surface area contributed by atoms with E-state index in [-0.39, 0.29) is 10.9 Å². The van der Waals surface area contributed by atoms with Crippen LogP contribution in [0, 0.1) is 0 Å². The molecule has 2 heterocycles. The third-order valence-corrected chi connectivity index (χ3v) is 3.31. The van der Waals surface area contributed by atoms with Crippen LogP contribution in [0.1, 0.15) is 16.1 Å². The molecule has 0 fully saturated rings. The molecule has 0 saturated heterocycles. The van der Waals surface area contributed by atoms with Gasteiger partial charge < -0.3 is 0 Å². The fourth-order valence-corrected chi connectivity index (χ4v) is 2.36. The van der Waals surface area contributed by atoms with Crippen molar-refractivity contribution >= 4 is 39.9 Å². The average molecular weight is 303 g/mol. The average Bonchev–Trinajstić information content (AvgIpc) is 2.47. The van der Waals surface area contributed by atoms with Crippen LogP contribution in [0.25, 0.3) is 10.9 Å². The normalized spacial score (nSPS) is 10.7. The van der Waals surface area contributed by atoms with Crippen LogP contribution in [0.15, 0.2) is 48.7 Å². The van der Waals surface area contributed by atoms with E-state index >= 15 is 0 Å². The van der Waals surface area contributed by atoms with E-state index in [1.807, 2.05) is 0 Å². The maximum atomic E-state index is 12.5. The number of hydrogen-bond acceptors (Lipinski definition) is 3. The predicted molar refractivity (Wildman–Crippen MR) is 79.4 cm³/mol. The lowest BCUT2D eigenvalue weighted by Gasteiger charge is -2.06. The van der Waals surface area contributed by atoms with Crippen molar-refractivity contribution in [1.29, 1.82) is 0 Å². The van der Waals surface area contributed by atoms with Gasteiger partial charge in [-0.05, 0) is 36.4 Å². The summed E-state index contributed by atoms with van der Waals surface area (Å²) in [6.07, 6.45) is 1.57. The van der Waals surface area contributed by atoms with Gasteiger partial charge in [0.2, 0.25) is 5.78 Å². The summed E-state index contributed by atoms with van der Waals surface area (Å²) < 4.78 is 0. The van der Waals surface area contributed by atoms with Crippen molar-refractivity contribution in [2.24, 2.45) is 0 Å². The molecule has 0 aliphatic heterocycles. The van der Waals surface area contributed by atoms with E-state index in [1.54, 1.807) is 42.6 Å². The molecule has 0 radical (unpaired) electrons. The van der Waals surface area contributed by atoms with Gasteiger partial charge in [-0.2, -0.15) is 0 Å². The van der Waals surface area contributed by atoms with Gasteiger partial charge in [0.1, 0.15) is 10.8 Å². The highest BCUT2D eigenvalue weighted by Crippen LogP contribution is 2.25. The van der Waals surface area contributed by atoms with E-state index in [4.69, 9.17) is 23.2 Å². The van der Waals surface area contributed by atoms with Crippen molar-refractivity contribution in [2.45, 2.75) is 0 Å². The maximum Gasteiger partial charge on any atom is 0.212 e. The molecule has 3 nitrogen and oxygen atoms in total. The molecule has 1 aromatic carbocycles. The topological polar surface area (TPSA) is 42.9 Å². The lowest BCUT2D eigenvalue weighted by atomic mass is 10.0. The number of ketones is 1. The Morgan fingerprint density at radius 3 is 2.65 bits per heavy atom. The Balaban J connectivity index is 2.25.